The van der Waals surface area contributed by atoms with Gasteiger partial charge in [0.2, 0.25) is 0 Å². The van der Waals surface area contributed by atoms with E-state index >= 15 is 8.78 Å². The van der Waals surface area contributed by atoms with Crippen molar-refractivity contribution in [2.24, 2.45) is 13.0 Å². The topological polar surface area (TPSA) is 127 Å². The highest BCUT2D eigenvalue weighted by Crippen LogP contribution is 2.68. The predicted molar refractivity (Wildman–Crippen MR) is 214 cm³/mol. The Balaban J connectivity index is 1.20. The largest absolute Gasteiger partial charge is 0.435 e. The monoisotopic (exact) mass is 913 g/mol. The summed E-state index contributed by atoms with van der Waals surface area (Å²) < 4.78 is 138. The van der Waals surface area contributed by atoms with Crippen LogP contribution >= 0.6 is 11.6 Å². The molecule has 0 N–H and O–H groups in total. The van der Waals surface area contributed by atoms with Gasteiger partial charge in [0.15, 0.2) is 32.7 Å². The van der Waals surface area contributed by atoms with Crippen LogP contribution < -0.4 is 0 Å². The van der Waals surface area contributed by atoms with Gasteiger partial charge in [-0.25, -0.2) is 27.2 Å². The Hall–Kier alpha value is -5.58. The van der Waals surface area contributed by atoms with Crippen molar-refractivity contribution in [1.82, 2.24) is 34.1 Å². The number of aromatic nitrogens is 7. The summed E-state index contributed by atoms with van der Waals surface area (Å²) in [6.07, 6.45) is -1.61. The van der Waals surface area contributed by atoms with Gasteiger partial charge in [-0.3, -0.25) is 14.2 Å². The van der Waals surface area contributed by atoms with Crippen LogP contribution in [0.15, 0.2) is 54.9 Å². The Morgan fingerprint density at radius 3 is 2.52 bits per heavy atom. The van der Waals surface area contributed by atoms with Gasteiger partial charge in [-0.05, 0) is 67.5 Å². The molecule has 328 valence electrons. The summed E-state index contributed by atoms with van der Waals surface area (Å²) in [5, 5.41) is 8.48. The highest BCUT2D eigenvalue weighted by atomic mass is 35.5. The van der Waals surface area contributed by atoms with Crippen LogP contribution in [0.3, 0.4) is 0 Å². The molecular weight excluding hydrogens is 879 g/mol. The summed E-state index contributed by atoms with van der Waals surface area (Å²) in [4.78, 5) is 23.6. The Labute approximate surface area is 360 Å². The summed E-state index contributed by atoms with van der Waals surface area (Å²) in [6, 6.07) is 9.12. The van der Waals surface area contributed by atoms with Crippen molar-refractivity contribution < 1.29 is 48.7 Å². The van der Waals surface area contributed by atoms with Crippen molar-refractivity contribution in [2.75, 3.05) is 12.9 Å². The lowest BCUT2D eigenvalue weighted by Crippen LogP contribution is -2.34. The second kappa shape index (κ2) is 15.0. The molecule has 0 amide bonds. The second-order valence-corrected chi connectivity index (χ2v) is 19.0. The number of imidazole rings is 1. The molecule has 1 saturated carbocycles. The number of alkyl halides is 5. The van der Waals surface area contributed by atoms with Gasteiger partial charge in [-0.2, -0.15) is 32.1 Å². The molecular formula is C43H35ClF7N7O4S. The molecule has 3 aliphatic rings. The van der Waals surface area contributed by atoms with Crippen molar-refractivity contribution in [1.29, 1.82) is 0 Å². The molecule has 63 heavy (non-hydrogen) atoms. The Bertz CT molecular complexity index is 3040. The Kier molecular flexibility index (Phi) is 10.2. The van der Waals surface area contributed by atoms with E-state index in [0.29, 0.717) is 51.8 Å². The normalized spacial score (nSPS) is 20.5. The molecule has 20 heteroatoms. The molecule has 11 nitrogen and oxygen atoms in total. The van der Waals surface area contributed by atoms with Crippen LogP contribution in [0.5, 0.6) is 0 Å². The third-order valence-corrected chi connectivity index (χ3v) is 12.8. The molecule has 9 rings (SSSR count). The first-order valence-electron chi connectivity index (χ1n) is 19.7. The molecule has 0 bridgehead atoms. The number of sulfone groups is 1. The zero-order chi connectivity index (χ0) is 45.0. The zero-order valence-electron chi connectivity index (χ0n) is 33.6. The smallest absolute Gasteiger partial charge is 0.353 e. The van der Waals surface area contributed by atoms with Crippen molar-refractivity contribution in [3.63, 3.8) is 0 Å². The number of fused-ring (bicyclic) bond motifs is 5. The van der Waals surface area contributed by atoms with E-state index in [4.69, 9.17) is 21.3 Å². The predicted octanol–water partition coefficient (Wildman–Crippen LogP) is 8.02. The first-order valence-corrected chi connectivity index (χ1v) is 22.1. The molecule has 0 radical (unpaired) electrons. The first-order chi connectivity index (χ1) is 29.6. The Morgan fingerprint density at radius 1 is 1.08 bits per heavy atom. The van der Waals surface area contributed by atoms with Gasteiger partial charge >= 0.3 is 6.18 Å². The molecule has 6 aromatic rings. The average Bonchev–Trinajstić information content (AvgIpc) is 3.40. The number of halogens is 8. The van der Waals surface area contributed by atoms with E-state index in [9.17, 15) is 35.2 Å². The lowest BCUT2D eigenvalue weighted by atomic mass is 9.86. The van der Waals surface area contributed by atoms with Gasteiger partial charge in [0, 0.05) is 78.6 Å². The van der Waals surface area contributed by atoms with Gasteiger partial charge in [0.25, 0.3) is 5.92 Å². The summed E-state index contributed by atoms with van der Waals surface area (Å²) in [5.74, 6) is -3.64. The third kappa shape index (κ3) is 7.79. The number of carbonyl (C=O) groups is 1. The van der Waals surface area contributed by atoms with Crippen molar-refractivity contribution in [2.45, 2.75) is 74.6 Å². The Morgan fingerprint density at radius 2 is 1.81 bits per heavy atom. The number of Topliss-reactive ketones (excluding diaryl/α,β-unsaturated/α-hetero) is 1. The first kappa shape index (κ1) is 42.7. The maximum Gasteiger partial charge on any atom is 0.435 e. The minimum atomic E-state index is -5.06. The fraction of sp³-hybridized carbons (Fsp3) is 0.372. The molecule has 1 aliphatic heterocycles. The van der Waals surface area contributed by atoms with Gasteiger partial charge < -0.3 is 9.30 Å². The number of hydrogen-bond acceptors (Lipinski definition) is 8. The van der Waals surface area contributed by atoms with Crippen LogP contribution in [-0.4, -0.2) is 61.2 Å². The summed E-state index contributed by atoms with van der Waals surface area (Å²) in [5.41, 5.74) is -2.60. The zero-order valence-corrected chi connectivity index (χ0v) is 35.1. The molecule has 0 saturated heterocycles. The second-order valence-electron chi connectivity index (χ2n) is 16.4. The molecule has 1 fully saturated rings. The van der Waals surface area contributed by atoms with Gasteiger partial charge in [-0.15, -0.1) is 0 Å². The van der Waals surface area contributed by atoms with Crippen molar-refractivity contribution >= 4 is 38.1 Å². The van der Waals surface area contributed by atoms with Crippen LogP contribution in [-0.2, 0) is 69.4 Å². The minimum Gasteiger partial charge on any atom is -0.353 e. The number of ether oxygens (including phenoxy) is 1. The van der Waals surface area contributed by atoms with Crippen LogP contribution in [0.2, 0.25) is 5.02 Å². The molecule has 2 aliphatic carbocycles. The molecule has 2 aromatic carbocycles. The number of nitrogens with zero attached hydrogens (tertiary/aromatic N) is 7. The third-order valence-electron chi connectivity index (χ3n) is 11.7. The molecule has 4 atom stereocenters. The van der Waals surface area contributed by atoms with Gasteiger partial charge in [0.05, 0.1) is 34.3 Å². The molecule has 1 unspecified atom stereocenters. The number of ketones is 1. The van der Waals surface area contributed by atoms with Crippen molar-refractivity contribution in [3.8, 4) is 23.0 Å². The summed E-state index contributed by atoms with van der Waals surface area (Å²) in [6.45, 7) is 1.64. The fourth-order valence-electron chi connectivity index (χ4n) is 9.08. The highest BCUT2D eigenvalue weighted by molar-refractivity contribution is 7.89. The van der Waals surface area contributed by atoms with E-state index in [0.717, 1.165) is 18.4 Å². The van der Waals surface area contributed by atoms with E-state index in [2.05, 4.69) is 27.0 Å². The fourth-order valence-corrected chi connectivity index (χ4v) is 10.0. The van der Waals surface area contributed by atoms with Crippen LogP contribution in [0.25, 0.3) is 22.0 Å². The van der Waals surface area contributed by atoms with E-state index < -0.39 is 98.4 Å². The van der Waals surface area contributed by atoms with Crippen LogP contribution in [0.4, 0.5) is 30.7 Å². The molecule has 0 spiro atoms. The van der Waals surface area contributed by atoms with E-state index in [1.165, 1.54) is 10.7 Å². The van der Waals surface area contributed by atoms with Gasteiger partial charge in [0.1, 0.15) is 29.6 Å². The quantitative estimate of drug-likeness (QED) is 0.100. The number of pyridine rings is 1. The maximum absolute atomic E-state index is 15.5. The number of hydrogen-bond donors (Lipinski definition) is 0. The standard InChI is InChI=1S/C43H35ClF7N7O4S/c1-41(40-52-10-11-57(40)12-13-62-41)9-8-26-4-5-28(29-6-7-32(44)35-33(21-63(3,60)61)54-56(2)37(29)35)36(53-26)23(14-22-15-24(45)18-25(46)16-22)17-27(59)20-58-39-34(38(55-58)43(49,50)51)30-19-31(30)42(39,47)48/h4-7,10-11,15-16,18,23,30-31H,12-14,17,19-21H2,1-3H3/t23-,30+,31-,41?/m1/s1. The SMILES string of the molecule is Cn1nc(CS(C)(=O)=O)c2c(Cl)ccc(-c3ccc(C#CC4(C)OCCn5ccnc54)nc3[C@@H](CC(=O)Cn3nc(C(F)(F)F)c4c3C(F)(F)[C@@H]3C[C@H]43)Cc3cc(F)cc(F)c3)c21. The lowest BCUT2D eigenvalue weighted by molar-refractivity contribution is -0.142. The van der Waals surface area contributed by atoms with Gasteiger partial charge in [-0.1, -0.05) is 23.6 Å². The van der Waals surface area contributed by atoms with E-state index in [-0.39, 0.29) is 40.5 Å². The van der Waals surface area contributed by atoms with Crippen LogP contribution in [0, 0.1) is 29.4 Å². The lowest BCUT2D eigenvalue weighted by Gasteiger charge is -2.29. The van der Waals surface area contributed by atoms with Crippen LogP contribution in [0.1, 0.15) is 77.0 Å². The number of aryl methyl sites for hydroxylation is 1. The minimum absolute atomic E-state index is 0.0766. The van der Waals surface area contributed by atoms with Crippen molar-refractivity contribution in [3.05, 3.63) is 117 Å². The summed E-state index contributed by atoms with van der Waals surface area (Å²) >= 11 is 6.68. The number of carbonyl (C=O) groups excluding carboxylic acids is 1. The molecule has 5 heterocycles. The summed E-state index contributed by atoms with van der Waals surface area (Å²) in [7, 11) is -2.03. The maximum atomic E-state index is 15.5. The van der Waals surface area contributed by atoms with E-state index in [1.807, 2.05) is 4.57 Å². The van der Waals surface area contributed by atoms with E-state index in [1.54, 1.807) is 44.6 Å². The number of benzene rings is 2. The molecule has 4 aromatic heterocycles. The number of rotatable bonds is 10. The highest BCUT2D eigenvalue weighted by Gasteiger charge is 2.68. The average molecular weight is 914 g/mol.